The highest BCUT2D eigenvalue weighted by Crippen LogP contribution is 2.35. The van der Waals surface area contributed by atoms with Gasteiger partial charge in [-0.1, -0.05) is 30.0 Å². The standard InChI is InChI=1S/C28H26N4O3/c1-19(33)32-28(2,3)15-14-20-10-12-24-23(16-20)27(30-18-29-24)31-21-11-13-25(26(17-21)34-4)35-22-8-6-5-7-9-22/h5-13,16-18H,1-4H3,(H,32,33)(H,29,30,31). The van der Waals surface area contributed by atoms with Crippen molar-refractivity contribution in [3.05, 3.63) is 78.6 Å². The Kier molecular flexibility index (Phi) is 6.83. The highest BCUT2D eigenvalue weighted by Gasteiger charge is 2.15. The zero-order valence-corrected chi connectivity index (χ0v) is 20.0. The van der Waals surface area contributed by atoms with E-state index in [9.17, 15) is 4.79 Å². The Morgan fingerprint density at radius 2 is 1.77 bits per heavy atom. The van der Waals surface area contributed by atoms with Crippen molar-refractivity contribution < 1.29 is 14.3 Å². The molecule has 0 unspecified atom stereocenters. The maximum absolute atomic E-state index is 11.4. The number of nitrogens with one attached hydrogen (secondary N) is 2. The van der Waals surface area contributed by atoms with Gasteiger partial charge in [0.25, 0.3) is 0 Å². The molecule has 0 spiro atoms. The summed E-state index contributed by atoms with van der Waals surface area (Å²) >= 11 is 0. The number of aromatic nitrogens is 2. The van der Waals surface area contributed by atoms with Gasteiger partial charge in [0.15, 0.2) is 11.5 Å². The summed E-state index contributed by atoms with van der Waals surface area (Å²) in [4.78, 5) is 20.2. The van der Waals surface area contributed by atoms with Crippen LogP contribution < -0.4 is 20.1 Å². The number of carbonyl (C=O) groups excluding carboxylic acids is 1. The van der Waals surface area contributed by atoms with Crippen molar-refractivity contribution in [3.63, 3.8) is 0 Å². The topological polar surface area (TPSA) is 85.4 Å². The number of anilines is 2. The predicted octanol–water partition coefficient (Wildman–Crippen LogP) is 5.44. The molecule has 0 radical (unpaired) electrons. The molecule has 4 rings (SSSR count). The Morgan fingerprint density at radius 3 is 2.51 bits per heavy atom. The number of fused-ring (bicyclic) bond motifs is 1. The van der Waals surface area contributed by atoms with E-state index in [0.717, 1.165) is 27.9 Å². The van der Waals surface area contributed by atoms with Gasteiger partial charge in [-0.3, -0.25) is 4.79 Å². The second-order valence-corrected chi connectivity index (χ2v) is 8.42. The lowest BCUT2D eigenvalue weighted by Crippen LogP contribution is -2.40. The second-order valence-electron chi connectivity index (χ2n) is 8.42. The third-order valence-corrected chi connectivity index (χ3v) is 5.04. The van der Waals surface area contributed by atoms with Gasteiger partial charge in [0, 0.05) is 29.6 Å². The number of methoxy groups -OCH3 is 1. The van der Waals surface area contributed by atoms with Crippen LogP contribution >= 0.6 is 0 Å². The number of ether oxygens (including phenoxy) is 2. The summed E-state index contributed by atoms with van der Waals surface area (Å²) in [5.74, 6) is 8.68. The van der Waals surface area contributed by atoms with Crippen LogP contribution in [-0.4, -0.2) is 28.5 Å². The van der Waals surface area contributed by atoms with Gasteiger partial charge in [-0.25, -0.2) is 9.97 Å². The average Bonchev–Trinajstić information content (AvgIpc) is 2.84. The first-order chi connectivity index (χ1) is 16.8. The maximum atomic E-state index is 11.4. The third kappa shape index (κ3) is 6.06. The van der Waals surface area contributed by atoms with Crippen LogP contribution in [0, 0.1) is 11.8 Å². The molecule has 0 bridgehead atoms. The summed E-state index contributed by atoms with van der Waals surface area (Å²) in [5, 5.41) is 7.00. The SMILES string of the molecule is COc1cc(Nc2ncnc3ccc(C#CC(C)(C)NC(C)=O)cc23)ccc1Oc1ccccc1. The maximum Gasteiger partial charge on any atom is 0.218 e. The van der Waals surface area contributed by atoms with E-state index >= 15 is 0 Å². The average molecular weight is 467 g/mol. The van der Waals surface area contributed by atoms with Crippen LogP contribution in [0.5, 0.6) is 17.2 Å². The first kappa shape index (κ1) is 23.6. The molecular formula is C28H26N4O3. The van der Waals surface area contributed by atoms with Gasteiger partial charge in [-0.15, -0.1) is 0 Å². The normalized spacial score (nSPS) is 10.7. The minimum atomic E-state index is -0.644. The zero-order chi connectivity index (χ0) is 24.8. The molecular weight excluding hydrogens is 440 g/mol. The zero-order valence-electron chi connectivity index (χ0n) is 20.0. The van der Waals surface area contributed by atoms with Crippen LogP contribution in [0.4, 0.5) is 11.5 Å². The summed E-state index contributed by atoms with van der Waals surface area (Å²) in [6, 6.07) is 20.9. The Bertz CT molecular complexity index is 1420. The molecule has 35 heavy (non-hydrogen) atoms. The molecule has 7 heteroatoms. The molecule has 0 aliphatic carbocycles. The number of carbonyl (C=O) groups is 1. The Hall–Kier alpha value is -4.57. The smallest absolute Gasteiger partial charge is 0.218 e. The minimum Gasteiger partial charge on any atom is -0.493 e. The van der Waals surface area contributed by atoms with Crippen molar-refractivity contribution in [2.45, 2.75) is 26.3 Å². The summed E-state index contributed by atoms with van der Waals surface area (Å²) in [6.45, 7) is 5.19. The summed E-state index contributed by atoms with van der Waals surface area (Å²) < 4.78 is 11.5. The number of hydrogen-bond donors (Lipinski definition) is 2. The van der Waals surface area contributed by atoms with Crippen molar-refractivity contribution in [1.29, 1.82) is 0 Å². The molecule has 1 amide bonds. The number of hydrogen-bond acceptors (Lipinski definition) is 6. The van der Waals surface area contributed by atoms with Crippen LogP contribution in [0.3, 0.4) is 0 Å². The lowest BCUT2D eigenvalue weighted by molar-refractivity contribution is -0.119. The van der Waals surface area contributed by atoms with E-state index in [-0.39, 0.29) is 5.91 Å². The van der Waals surface area contributed by atoms with E-state index < -0.39 is 5.54 Å². The van der Waals surface area contributed by atoms with Crippen molar-refractivity contribution in [1.82, 2.24) is 15.3 Å². The van der Waals surface area contributed by atoms with E-state index in [0.29, 0.717) is 17.3 Å². The number of nitrogens with zero attached hydrogens (tertiary/aromatic N) is 2. The summed E-state index contributed by atoms with van der Waals surface area (Å²) in [7, 11) is 1.60. The fraction of sp³-hybridized carbons (Fsp3) is 0.179. The lowest BCUT2D eigenvalue weighted by Gasteiger charge is -2.18. The van der Waals surface area contributed by atoms with Crippen LogP contribution in [0.2, 0.25) is 0 Å². The monoisotopic (exact) mass is 466 g/mol. The molecule has 0 aliphatic rings. The minimum absolute atomic E-state index is 0.127. The molecule has 2 N–H and O–H groups in total. The summed E-state index contributed by atoms with van der Waals surface area (Å²) in [6.07, 6.45) is 1.51. The van der Waals surface area contributed by atoms with Crippen LogP contribution in [0.25, 0.3) is 10.9 Å². The lowest BCUT2D eigenvalue weighted by atomic mass is 10.0. The van der Waals surface area contributed by atoms with Gasteiger partial charge in [-0.05, 0) is 56.3 Å². The van der Waals surface area contributed by atoms with E-state index in [2.05, 4.69) is 32.4 Å². The third-order valence-electron chi connectivity index (χ3n) is 5.04. The van der Waals surface area contributed by atoms with Crippen LogP contribution in [0.1, 0.15) is 26.3 Å². The fourth-order valence-electron chi connectivity index (χ4n) is 3.52. The summed E-state index contributed by atoms with van der Waals surface area (Å²) in [5.41, 5.74) is 1.71. The molecule has 1 aromatic heterocycles. The number of benzene rings is 3. The van der Waals surface area contributed by atoms with E-state index in [1.54, 1.807) is 7.11 Å². The Morgan fingerprint density at radius 1 is 0.971 bits per heavy atom. The van der Waals surface area contributed by atoms with Gasteiger partial charge in [0.2, 0.25) is 5.91 Å². The number of rotatable bonds is 6. The van der Waals surface area contributed by atoms with Crippen molar-refractivity contribution in [3.8, 4) is 29.1 Å². The van der Waals surface area contributed by atoms with Gasteiger partial charge in [0.05, 0.1) is 18.2 Å². The predicted molar refractivity (Wildman–Crippen MR) is 137 cm³/mol. The van der Waals surface area contributed by atoms with E-state index in [4.69, 9.17) is 9.47 Å². The van der Waals surface area contributed by atoms with Gasteiger partial charge >= 0.3 is 0 Å². The Balaban J connectivity index is 1.62. The fourth-order valence-corrected chi connectivity index (χ4v) is 3.52. The van der Waals surface area contributed by atoms with Crippen LogP contribution in [0.15, 0.2) is 73.1 Å². The highest BCUT2D eigenvalue weighted by molar-refractivity contribution is 5.91. The molecule has 0 fully saturated rings. The van der Waals surface area contributed by atoms with Crippen LogP contribution in [-0.2, 0) is 4.79 Å². The molecule has 176 valence electrons. The van der Waals surface area contributed by atoms with Gasteiger partial charge < -0.3 is 20.1 Å². The molecule has 4 aromatic rings. The molecule has 0 saturated heterocycles. The molecule has 0 atom stereocenters. The Labute approximate surface area is 204 Å². The van der Waals surface area contributed by atoms with Crippen molar-refractivity contribution in [2.24, 2.45) is 0 Å². The molecule has 3 aromatic carbocycles. The quantitative estimate of drug-likeness (QED) is 0.368. The molecule has 1 heterocycles. The second kappa shape index (κ2) is 10.1. The van der Waals surface area contributed by atoms with Gasteiger partial charge in [0.1, 0.15) is 17.9 Å². The largest absolute Gasteiger partial charge is 0.493 e. The number of amides is 1. The highest BCUT2D eigenvalue weighted by atomic mass is 16.5. The molecule has 7 nitrogen and oxygen atoms in total. The first-order valence-electron chi connectivity index (χ1n) is 11.1. The first-order valence-corrected chi connectivity index (χ1v) is 11.1. The van der Waals surface area contributed by atoms with Crippen molar-refractivity contribution >= 4 is 28.3 Å². The van der Waals surface area contributed by atoms with Gasteiger partial charge in [-0.2, -0.15) is 0 Å². The van der Waals surface area contributed by atoms with Crippen molar-refractivity contribution in [2.75, 3.05) is 12.4 Å². The number of para-hydroxylation sites is 1. The molecule has 0 saturated carbocycles. The molecule has 0 aliphatic heterocycles. The van der Waals surface area contributed by atoms with E-state index in [1.807, 2.05) is 80.6 Å². The van der Waals surface area contributed by atoms with E-state index in [1.165, 1.54) is 13.3 Å².